The molecule has 0 aromatic heterocycles. The van der Waals surface area contributed by atoms with E-state index in [9.17, 15) is 19.8 Å². The molecule has 0 aliphatic rings. The maximum absolute atomic E-state index is 12.5. The summed E-state index contributed by atoms with van der Waals surface area (Å²) in [6.45, 7) is 4.79. The van der Waals surface area contributed by atoms with Crippen molar-refractivity contribution in [2.45, 2.75) is 347 Å². The Morgan fingerprint density at radius 1 is 0.378 bits per heavy atom. The molecule has 2 atom stereocenters. The molecule has 3 N–H and O–H groups in total. The topological polar surface area (TPSA) is 95.9 Å². The number of carbonyl (C=O) groups excluding carboxylic acids is 2. The first kappa shape index (κ1) is 71.6. The van der Waals surface area contributed by atoms with Crippen molar-refractivity contribution in [1.29, 1.82) is 0 Å². The van der Waals surface area contributed by atoms with Gasteiger partial charge in [0, 0.05) is 12.8 Å². The highest BCUT2D eigenvalue weighted by molar-refractivity contribution is 5.76. The standard InChI is InChI=1S/C68H125NO5/c1-3-5-7-9-11-13-15-17-19-21-28-32-36-40-44-48-52-56-60-66(71)65(64-70)69-67(72)61-57-53-49-45-41-37-33-29-26-24-23-25-27-31-35-39-43-47-51-55-59-63-74-68(73)62-58-54-50-46-42-38-34-30-22-20-18-16-14-12-10-8-6-4-2/h14,16,20,22,39,43,51,55-56,60,65-66,70-71H,3-13,15,17-19,21,23-38,40-42,44-50,52-54,57-59,61-64H2,1-2H3,(H,69,72)/b16-14-,22-20-,43-39-,55-51-,60-56+. The van der Waals surface area contributed by atoms with E-state index in [-0.39, 0.29) is 18.5 Å². The normalized spacial score (nSPS) is 13.0. The van der Waals surface area contributed by atoms with Gasteiger partial charge in [-0.15, -0.1) is 0 Å². The predicted octanol–water partition coefficient (Wildman–Crippen LogP) is 20.7. The second-order valence-corrected chi connectivity index (χ2v) is 22.1. The van der Waals surface area contributed by atoms with Crippen molar-refractivity contribution >= 4 is 11.9 Å². The molecule has 0 aliphatic heterocycles. The third kappa shape index (κ3) is 58.8. The molecule has 0 spiro atoms. The van der Waals surface area contributed by atoms with Crippen LogP contribution in [0.4, 0.5) is 0 Å². The number of carbonyl (C=O) groups is 2. The van der Waals surface area contributed by atoms with Gasteiger partial charge in [-0.1, -0.05) is 299 Å². The molecule has 6 nitrogen and oxygen atoms in total. The first-order valence-corrected chi connectivity index (χ1v) is 32.6. The molecule has 2 unspecified atom stereocenters. The Balaban J connectivity index is 3.48. The van der Waals surface area contributed by atoms with Gasteiger partial charge in [0.05, 0.1) is 25.4 Å². The van der Waals surface area contributed by atoms with E-state index in [0.717, 1.165) is 57.8 Å². The van der Waals surface area contributed by atoms with E-state index in [2.05, 4.69) is 67.8 Å². The summed E-state index contributed by atoms with van der Waals surface area (Å²) in [5, 5.41) is 23.2. The molecule has 432 valence electrons. The number of unbranched alkanes of at least 4 members (excludes halogenated alkanes) is 41. The number of aliphatic hydroxyl groups excluding tert-OH is 2. The summed E-state index contributed by atoms with van der Waals surface area (Å²) >= 11 is 0. The van der Waals surface area contributed by atoms with E-state index in [4.69, 9.17) is 4.74 Å². The lowest BCUT2D eigenvalue weighted by Gasteiger charge is -2.20. The average Bonchev–Trinajstić information content (AvgIpc) is 3.40. The fraction of sp³-hybridized carbons (Fsp3) is 0.824. The largest absolute Gasteiger partial charge is 0.465 e. The monoisotopic (exact) mass is 1040 g/mol. The molecule has 0 aromatic carbocycles. The summed E-state index contributed by atoms with van der Waals surface area (Å²) in [5.41, 5.74) is 0. The van der Waals surface area contributed by atoms with Crippen molar-refractivity contribution in [1.82, 2.24) is 5.32 Å². The van der Waals surface area contributed by atoms with Crippen molar-refractivity contribution < 1.29 is 24.5 Å². The van der Waals surface area contributed by atoms with Gasteiger partial charge in [-0.05, 0) is 83.5 Å². The molecule has 0 bridgehead atoms. The Morgan fingerprint density at radius 2 is 0.676 bits per heavy atom. The molecule has 0 saturated heterocycles. The summed E-state index contributed by atoms with van der Waals surface area (Å²) in [6, 6.07) is -0.634. The molecule has 0 rings (SSSR count). The summed E-state index contributed by atoms with van der Waals surface area (Å²) in [6.07, 6.45) is 82.8. The number of aliphatic hydroxyl groups is 2. The molecule has 0 radical (unpaired) electrons. The quantitative estimate of drug-likeness (QED) is 0.0320. The van der Waals surface area contributed by atoms with Crippen molar-refractivity contribution in [2.75, 3.05) is 13.2 Å². The summed E-state index contributed by atoms with van der Waals surface area (Å²) < 4.78 is 5.43. The first-order valence-electron chi connectivity index (χ1n) is 32.6. The first-order chi connectivity index (χ1) is 36.5. The molecular weight excluding hydrogens is 911 g/mol. The number of ether oxygens (including phenoxy) is 1. The van der Waals surface area contributed by atoms with E-state index in [1.807, 2.05) is 6.08 Å². The van der Waals surface area contributed by atoms with Crippen LogP contribution in [0.15, 0.2) is 60.8 Å². The Morgan fingerprint density at radius 3 is 1.04 bits per heavy atom. The zero-order chi connectivity index (χ0) is 53.6. The number of hydrogen-bond acceptors (Lipinski definition) is 5. The minimum absolute atomic E-state index is 0.0434. The van der Waals surface area contributed by atoms with E-state index in [0.29, 0.717) is 19.4 Å². The van der Waals surface area contributed by atoms with Crippen LogP contribution in [0.1, 0.15) is 335 Å². The van der Waals surface area contributed by atoms with Crippen LogP contribution >= 0.6 is 0 Å². The highest BCUT2D eigenvalue weighted by Gasteiger charge is 2.18. The Hall–Kier alpha value is -2.44. The number of rotatable bonds is 60. The molecule has 1 amide bonds. The number of amides is 1. The van der Waals surface area contributed by atoms with E-state index in [1.54, 1.807) is 6.08 Å². The number of allylic oxidation sites excluding steroid dienone is 8. The van der Waals surface area contributed by atoms with Gasteiger partial charge < -0.3 is 20.3 Å². The highest BCUT2D eigenvalue weighted by Crippen LogP contribution is 2.17. The van der Waals surface area contributed by atoms with E-state index >= 15 is 0 Å². The summed E-state index contributed by atoms with van der Waals surface area (Å²) in [4.78, 5) is 24.6. The number of hydrogen-bond donors (Lipinski definition) is 3. The van der Waals surface area contributed by atoms with Crippen molar-refractivity contribution in [2.24, 2.45) is 0 Å². The SMILES string of the molecule is CCCCCC/C=C\C/C=C\CCCCCCCCCC(=O)OCC/C=C\C/C=C\CCCCCCCCCCCCCCCCC(=O)NC(CO)C(O)/C=C/CCCCCCCCCCCCCCCCCC. The van der Waals surface area contributed by atoms with Crippen LogP contribution in [0, 0.1) is 0 Å². The summed E-state index contributed by atoms with van der Waals surface area (Å²) in [7, 11) is 0. The summed E-state index contributed by atoms with van der Waals surface area (Å²) in [5.74, 6) is -0.115. The van der Waals surface area contributed by atoms with Gasteiger partial charge in [0.15, 0.2) is 0 Å². The van der Waals surface area contributed by atoms with Gasteiger partial charge in [-0.2, -0.15) is 0 Å². The minimum atomic E-state index is -0.850. The molecule has 0 fully saturated rings. The zero-order valence-electron chi connectivity index (χ0n) is 49.3. The maximum Gasteiger partial charge on any atom is 0.305 e. The number of esters is 1. The molecule has 0 saturated carbocycles. The maximum atomic E-state index is 12.5. The average molecular weight is 1040 g/mol. The van der Waals surface area contributed by atoms with Gasteiger partial charge in [0.25, 0.3) is 0 Å². The fourth-order valence-corrected chi connectivity index (χ4v) is 9.80. The lowest BCUT2D eigenvalue weighted by molar-refractivity contribution is -0.143. The smallest absolute Gasteiger partial charge is 0.305 e. The van der Waals surface area contributed by atoms with Crippen molar-refractivity contribution in [3.05, 3.63) is 60.8 Å². The molecule has 6 heteroatoms. The van der Waals surface area contributed by atoms with Gasteiger partial charge >= 0.3 is 5.97 Å². The van der Waals surface area contributed by atoms with Crippen molar-refractivity contribution in [3.63, 3.8) is 0 Å². The lowest BCUT2D eigenvalue weighted by atomic mass is 10.0. The lowest BCUT2D eigenvalue weighted by Crippen LogP contribution is -2.45. The Kier molecular flexibility index (Phi) is 61.0. The van der Waals surface area contributed by atoms with E-state index < -0.39 is 12.1 Å². The highest BCUT2D eigenvalue weighted by atomic mass is 16.5. The Labute approximate surface area is 460 Å². The van der Waals surface area contributed by atoms with Crippen LogP contribution in [0.5, 0.6) is 0 Å². The third-order valence-electron chi connectivity index (χ3n) is 14.8. The minimum Gasteiger partial charge on any atom is -0.465 e. The van der Waals surface area contributed by atoms with Gasteiger partial charge in [0.1, 0.15) is 0 Å². The van der Waals surface area contributed by atoms with Crippen LogP contribution in [0.25, 0.3) is 0 Å². The van der Waals surface area contributed by atoms with Gasteiger partial charge in [0.2, 0.25) is 5.91 Å². The van der Waals surface area contributed by atoms with Crippen LogP contribution < -0.4 is 5.32 Å². The van der Waals surface area contributed by atoms with Crippen molar-refractivity contribution in [3.8, 4) is 0 Å². The molecule has 0 aromatic rings. The molecular formula is C68H125NO5. The van der Waals surface area contributed by atoms with E-state index in [1.165, 1.54) is 250 Å². The van der Waals surface area contributed by atoms with Gasteiger partial charge in [-0.25, -0.2) is 0 Å². The van der Waals surface area contributed by atoms with Crippen LogP contribution in [-0.4, -0.2) is 47.4 Å². The zero-order valence-corrected chi connectivity index (χ0v) is 49.3. The van der Waals surface area contributed by atoms with Crippen LogP contribution in [0.3, 0.4) is 0 Å². The third-order valence-corrected chi connectivity index (χ3v) is 14.8. The van der Waals surface area contributed by atoms with Crippen LogP contribution in [0.2, 0.25) is 0 Å². The second kappa shape index (κ2) is 63.1. The molecule has 0 aliphatic carbocycles. The molecule has 74 heavy (non-hydrogen) atoms. The Bertz CT molecular complexity index is 1290. The van der Waals surface area contributed by atoms with Crippen LogP contribution in [-0.2, 0) is 14.3 Å². The van der Waals surface area contributed by atoms with Gasteiger partial charge in [-0.3, -0.25) is 9.59 Å². The number of nitrogens with one attached hydrogen (secondary N) is 1. The second-order valence-electron chi connectivity index (χ2n) is 22.1. The predicted molar refractivity (Wildman–Crippen MR) is 324 cm³/mol. The fourth-order valence-electron chi connectivity index (χ4n) is 9.80. The molecule has 0 heterocycles.